The highest BCUT2D eigenvalue weighted by atomic mass is 32.1. The first-order valence-corrected chi connectivity index (χ1v) is 9.20. The summed E-state index contributed by atoms with van der Waals surface area (Å²) >= 11 is 1.70. The predicted octanol–water partition coefficient (Wildman–Crippen LogP) is 4.22. The molecule has 0 aliphatic heterocycles. The van der Waals surface area contributed by atoms with E-state index in [4.69, 9.17) is 4.42 Å². The molecular formula is C20H22N2O2S. The average Bonchev–Trinajstić information content (AvgIpc) is 3.29. The molecule has 1 N–H and O–H groups in total. The smallest absolute Gasteiger partial charge is 0.234 e. The third-order valence-electron chi connectivity index (χ3n) is 3.96. The van der Waals surface area contributed by atoms with Crippen molar-refractivity contribution in [3.63, 3.8) is 0 Å². The van der Waals surface area contributed by atoms with E-state index in [2.05, 4.69) is 21.7 Å². The molecular weight excluding hydrogens is 332 g/mol. The minimum absolute atomic E-state index is 0.0131. The fraction of sp³-hybridized carbons (Fsp3) is 0.250. The van der Waals surface area contributed by atoms with Crippen molar-refractivity contribution in [2.75, 3.05) is 6.54 Å². The van der Waals surface area contributed by atoms with Gasteiger partial charge in [-0.25, -0.2) is 0 Å². The number of carbonyl (C=O) groups is 1. The maximum absolute atomic E-state index is 12.5. The molecule has 1 atom stereocenters. The Balaban J connectivity index is 1.61. The number of furan rings is 1. The molecule has 5 heteroatoms. The summed E-state index contributed by atoms with van der Waals surface area (Å²) in [4.78, 5) is 15.8. The Labute approximate surface area is 152 Å². The second-order valence-corrected chi connectivity index (χ2v) is 7.04. The molecule has 3 aromatic rings. The van der Waals surface area contributed by atoms with Crippen LogP contribution in [0.25, 0.3) is 0 Å². The van der Waals surface area contributed by atoms with E-state index < -0.39 is 0 Å². The van der Waals surface area contributed by atoms with Gasteiger partial charge in [0.1, 0.15) is 5.76 Å². The van der Waals surface area contributed by atoms with Gasteiger partial charge < -0.3 is 9.73 Å². The van der Waals surface area contributed by atoms with Crippen LogP contribution in [0.15, 0.2) is 70.7 Å². The second kappa shape index (κ2) is 8.65. The number of amides is 1. The first kappa shape index (κ1) is 17.5. The van der Waals surface area contributed by atoms with Crippen LogP contribution >= 0.6 is 11.3 Å². The number of carbonyl (C=O) groups excluding carboxylic acids is 1. The number of rotatable bonds is 8. The maximum atomic E-state index is 12.5. The van der Waals surface area contributed by atoms with Gasteiger partial charge in [-0.05, 0) is 36.1 Å². The lowest BCUT2D eigenvalue weighted by atomic mass is 10.1. The van der Waals surface area contributed by atoms with Gasteiger partial charge in [-0.2, -0.15) is 0 Å². The lowest BCUT2D eigenvalue weighted by Crippen LogP contribution is -2.37. The van der Waals surface area contributed by atoms with Gasteiger partial charge in [0.05, 0.1) is 25.4 Å². The van der Waals surface area contributed by atoms with Crippen molar-refractivity contribution >= 4 is 17.2 Å². The summed E-state index contributed by atoms with van der Waals surface area (Å²) < 4.78 is 5.45. The van der Waals surface area contributed by atoms with Crippen molar-refractivity contribution in [1.82, 2.24) is 10.2 Å². The van der Waals surface area contributed by atoms with E-state index in [1.807, 2.05) is 55.5 Å². The summed E-state index contributed by atoms with van der Waals surface area (Å²) in [5.74, 6) is 0.875. The first-order valence-electron chi connectivity index (χ1n) is 8.32. The molecule has 25 heavy (non-hydrogen) atoms. The molecule has 0 spiro atoms. The molecule has 0 saturated heterocycles. The fourth-order valence-corrected chi connectivity index (χ4v) is 3.48. The second-order valence-electron chi connectivity index (χ2n) is 6.00. The van der Waals surface area contributed by atoms with Gasteiger partial charge in [-0.15, -0.1) is 11.3 Å². The highest BCUT2D eigenvalue weighted by molar-refractivity contribution is 7.09. The van der Waals surface area contributed by atoms with Crippen molar-refractivity contribution in [3.8, 4) is 0 Å². The van der Waals surface area contributed by atoms with Gasteiger partial charge in [0.2, 0.25) is 5.91 Å². The Morgan fingerprint density at radius 3 is 2.64 bits per heavy atom. The molecule has 130 valence electrons. The highest BCUT2D eigenvalue weighted by Gasteiger charge is 2.16. The molecule has 2 aromatic heterocycles. The quantitative estimate of drug-likeness (QED) is 0.659. The van der Waals surface area contributed by atoms with E-state index in [0.29, 0.717) is 13.1 Å². The number of hydrogen-bond donors (Lipinski definition) is 1. The SMILES string of the molecule is C[C@H](NC(=O)CN(Cc1ccco1)Cc1cccs1)c1ccccc1. The van der Waals surface area contributed by atoms with Crippen molar-refractivity contribution in [2.24, 2.45) is 0 Å². The number of thiophene rings is 1. The average molecular weight is 354 g/mol. The number of hydrogen-bond acceptors (Lipinski definition) is 4. The molecule has 2 heterocycles. The molecule has 0 unspecified atom stereocenters. The molecule has 1 amide bonds. The van der Waals surface area contributed by atoms with Gasteiger partial charge in [0.15, 0.2) is 0 Å². The summed E-state index contributed by atoms with van der Waals surface area (Å²) in [6, 6.07) is 17.9. The summed E-state index contributed by atoms with van der Waals surface area (Å²) in [7, 11) is 0. The third kappa shape index (κ3) is 5.31. The Morgan fingerprint density at radius 1 is 1.12 bits per heavy atom. The number of benzene rings is 1. The molecule has 0 aliphatic rings. The number of nitrogens with one attached hydrogen (secondary N) is 1. The van der Waals surface area contributed by atoms with E-state index in [1.165, 1.54) is 4.88 Å². The molecule has 0 aliphatic carbocycles. The summed E-state index contributed by atoms with van der Waals surface area (Å²) in [5.41, 5.74) is 1.10. The van der Waals surface area contributed by atoms with Crippen LogP contribution in [0.1, 0.15) is 29.2 Å². The molecule has 3 rings (SSSR count). The van der Waals surface area contributed by atoms with Gasteiger partial charge in [0.25, 0.3) is 0 Å². The molecule has 0 fully saturated rings. The van der Waals surface area contributed by atoms with Crippen LogP contribution in [0.4, 0.5) is 0 Å². The molecule has 0 saturated carbocycles. The third-order valence-corrected chi connectivity index (χ3v) is 4.82. The maximum Gasteiger partial charge on any atom is 0.234 e. The van der Waals surface area contributed by atoms with E-state index in [1.54, 1.807) is 17.6 Å². The van der Waals surface area contributed by atoms with Crippen LogP contribution in [-0.2, 0) is 17.9 Å². The normalized spacial score (nSPS) is 12.2. The summed E-state index contributed by atoms with van der Waals surface area (Å²) in [6.45, 7) is 3.67. The topological polar surface area (TPSA) is 45.5 Å². The van der Waals surface area contributed by atoms with E-state index >= 15 is 0 Å². The zero-order valence-electron chi connectivity index (χ0n) is 14.2. The monoisotopic (exact) mass is 354 g/mol. The fourth-order valence-electron chi connectivity index (χ4n) is 2.73. The lowest BCUT2D eigenvalue weighted by molar-refractivity contribution is -0.123. The Morgan fingerprint density at radius 2 is 1.96 bits per heavy atom. The minimum atomic E-state index is -0.0131. The van der Waals surface area contributed by atoms with Crippen LogP contribution in [-0.4, -0.2) is 17.4 Å². The standard InChI is InChI=1S/C20H22N2O2S/c1-16(17-7-3-2-4-8-17)21-20(23)15-22(13-18-9-5-11-24-18)14-19-10-6-12-25-19/h2-12,16H,13-15H2,1H3,(H,21,23)/t16-/m0/s1. The van der Waals surface area contributed by atoms with Gasteiger partial charge >= 0.3 is 0 Å². The zero-order valence-corrected chi connectivity index (χ0v) is 15.0. The van der Waals surface area contributed by atoms with Crippen LogP contribution in [0.2, 0.25) is 0 Å². The largest absolute Gasteiger partial charge is 0.468 e. The van der Waals surface area contributed by atoms with Crippen molar-refractivity contribution in [1.29, 1.82) is 0 Å². The Bertz CT molecular complexity index is 718. The van der Waals surface area contributed by atoms with Gasteiger partial charge in [-0.1, -0.05) is 36.4 Å². The van der Waals surface area contributed by atoms with Crippen molar-refractivity contribution in [2.45, 2.75) is 26.1 Å². The van der Waals surface area contributed by atoms with Crippen molar-refractivity contribution < 1.29 is 9.21 Å². The van der Waals surface area contributed by atoms with Crippen LogP contribution < -0.4 is 5.32 Å². The Kier molecular flexibility index (Phi) is 6.04. The lowest BCUT2D eigenvalue weighted by Gasteiger charge is -2.22. The minimum Gasteiger partial charge on any atom is -0.468 e. The van der Waals surface area contributed by atoms with E-state index in [0.717, 1.165) is 17.9 Å². The van der Waals surface area contributed by atoms with Crippen LogP contribution in [0, 0.1) is 0 Å². The highest BCUT2D eigenvalue weighted by Crippen LogP contribution is 2.15. The molecule has 0 radical (unpaired) electrons. The van der Waals surface area contributed by atoms with Gasteiger partial charge in [0, 0.05) is 11.4 Å². The molecule has 4 nitrogen and oxygen atoms in total. The summed E-state index contributed by atoms with van der Waals surface area (Å²) in [5, 5.41) is 5.13. The Hall–Kier alpha value is -2.37. The zero-order chi connectivity index (χ0) is 17.5. The molecule has 1 aromatic carbocycles. The van der Waals surface area contributed by atoms with Crippen LogP contribution in [0.5, 0.6) is 0 Å². The van der Waals surface area contributed by atoms with Crippen molar-refractivity contribution in [3.05, 3.63) is 82.4 Å². The molecule has 0 bridgehead atoms. The van der Waals surface area contributed by atoms with E-state index in [-0.39, 0.29) is 11.9 Å². The van der Waals surface area contributed by atoms with Crippen LogP contribution in [0.3, 0.4) is 0 Å². The summed E-state index contributed by atoms with van der Waals surface area (Å²) in [6.07, 6.45) is 1.66. The van der Waals surface area contributed by atoms with Gasteiger partial charge in [-0.3, -0.25) is 9.69 Å². The number of nitrogens with zero attached hydrogens (tertiary/aromatic N) is 1. The van der Waals surface area contributed by atoms with E-state index in [9.17, 15) is 4.79 Å². The predicted molar refractivity (Wildman–Crippen MR) is 100 cm³/mol. The first-order chi connectivity index (χ1) is 12.2.